The van der Waals surface area contributed by atoms with Gasteiger partial charge < -0.3 is 0 Å². The molecule has 7 nitrogen and oxygen atoms in total. The summed E-state index contributed by atoms with van der Waals surface area (Å²) in [6.45, 7) is 0. The summed E-state index contributed by atoms with van der Waals surface area (Å²) in [7, 11) is 0. The molecule has 0 aromatic carbocycles. The van der Waals surface area contributed by atoms with Crippen LogP contribution in [0.2, 0.25) is 0 Å². The van der Waals surface area contributed by atoms with Crippen LogP contribution in [0.15, 0.2) is 17.9 Å². The van der Waals surface area contributed by atoms with Crippen LogP contribution in [-0.4, -0.2) is 19.8 Å². The topological polar surface area (TPSA) is 102 Å². The average Bonchev–Trinajstić information content (AvgIpc) is 2.05. The first kappa shape index (κ1) is 6.33. The number of nitrogens with zero attached hydrogens (tertiary/aromatic N) is 5. The van der Waals surface area contributed by atoms with E-state index in [1.807, 2.05) is 0 Å². The number of hydrogen-bond acceptors (Lipinski definition) is 5. The molecule has 1 heterocycles. The van der Waals surface area contributed by atoms with E-state index in [-0.39, 0.29) is 5.95 Å². The van der Waals surface area contributed by atoms with Gasteiger partial charge in [0.05, 0.1) is 5.22 Å². The van der Waals surface area contributed by atoms with Gasteiger partial charge in [-0.1, -0.05) is 15.5 Å². The Balaban J connectivity index is 2.95. The van der Waals surface area contributed by atoms with Gasteiger partial charge in [0.1, 0.15) is 0 Å². The minimum atomic E-state index is 0.0324. The fraction of sp³-hybridized carbons (Fsp3) is 0. The molecule has 2 N–H and O–H groups in total. The van der Waals surface area contributed by atoms with Gasteiger partial charge in [-0.3, -0.25) is 0 Å². The molecule has 1 aromatic heterocycles. The van der Waals surface area contributed by atoms with E-state index in [0.717, 1.165) is 0 Å². The first-order valence-corrected chi connectivity index (χ1v) is 2.35. The maximum atomic E-state index is 6.89. The van der Waals surface area contributed by atoms with E-state index < -0.39 is 0 Å². The predicted octanol–water partition coefficient (Wildman–Crippen LogP) is 0.493. The summed E-state index contributed by atoms with van der Waals surface area (Å²) in [5.41, 5.74) is 13.3. The third kappa shape index (κ3) is 1.13. The highest BCUT2D eigenvalue weighted by Crippen LogP contribution is 1.96. The van der Waals surface area contributed by atoms with E-state index >= 15 is 0 Å². The third-order valence-corrected chi connectivity index (χ3v) is 0.769. The molecule has 10 heavy (non-hydrogen) atoms. The van der Waals surface area contributed by atoms with Crippen molar-refractivity contribution in [2.75, 3.05) is 0 Å². The lowest BCUT2D eigenvalue weighted by Crippen LogP contribution is -1.95. The number of hydrogen-bond donors (Lipinski definition) is 2. The van der Waals surface area contributed by atoms with Gasteiger partial charge in [-0.05, 0) is 4.81 Å². The van der Waals surface area contributed by atoms with Crippen LogP contribution in [0.4, 0.5) is 5.95 Å². The highest BCUT2D eigenvalue weighted by atomic mass is 15.6. The lowest BCUT2D eigenvalue weighted by atomic mass is 11.0. The predicted molar refractivity (Wildman–Crippen MR) is 27.6 cm³/mol. The second-order valence-corrected chi connectivity index (χ2v) is 1.35. The first-order valence-electron chi connectivity index (χ1n) is 2.35. The standard InChI is InChI=1S/C3H4N7/c4-9-10(5)3-7-1-6-2-8-3/h1-2,4-5H/q+1. The number of aromatic nitrogens is 3. The molecule has 0 fully saturated rings. The van der Waals surface area contributed by atoms with Crippen LogP contribution in [0, 0.1) is 11.1 Å². The first-order chi connectivity index (χ1) is 4.84. The quantitative estimate of drug-likeness (QED) is 0.353. The Hall–Kier alpha value is -1.79. The second-order valence-electron chi connectivity index (χ2n) is 1.35. The van der Waals surface area contributed by atoms with Gasteiger partial charge in [0, 0.05) is 0 Å². The summed E-state index contributed by atoms with van der Waals surface area (Å²) >= 11 is 0. The molecular formula is C3H4N7+. The van der Waals surface area contributed by atoms with E-state index in [2.05, 4.69) is 20.2 Å². The molecule has 0 radical (unpaired) electrons. The van der Waals surface area contributed by atoms with Crippen LogP contribution < -0.4 is 0 Å². The fourth-order valence-electron chi connectivity index (χ4n) is 0.387. The van der Waals surface area contributed by atoms with Crippen LogP contribution in [0.5, 0.6) is 0 Å². The van der Waals surface area contributed by atoms with Gasteiger partial charge in [-0.25, -0.2) is 0 Å². The Labute approximate surface area is 55.7 Å². The Morgan fingerprint density at radius 1 is 1.40 bits per heavy atom. The zero-order valence-electron chi connectivity index (χ0n) is 4.89. The van der Waals surface area contributed by atoms with Crippen molar-refractivity contribution in [3.8, 4) is 0 Å². The zero-order chi connectivity index (χ0) is 7.40. The van der Waals surface area contributed by atoms with Crippen LogP contribution in [0.3, 0.4) is 0 Å². The van der Waals surface area contributed by atoms with Gasteiger partial charge in [-0.15, -0.1) is 0 Å². The van der Waals surface area contributed by atoms with Crippen molar-refractivity contribution < 1.29 is 4.81 Å². The van der Waals surface area contributed by atoms with Crippen molar-refractivity contribution in [2.45, 2.75) is 0 Å². The molecule has 0 aliphatic carbocycles. The Morgan fingerprint density at radius 2 is 2.00 bits per heavy atom. The van der Waals surface area contributed by atoms with E-state index in [0.29, 0.717) is 4.81 Å². The van der Waals surface area contributed by atoms with Gasteiger partial charge in [0.2, 0.25) is 0 Å². The van der Waals surface area contributed by atoms with Crippen molar-refractivity contribution in [2.24, 2.45) is 5.22 Å². The lowest BCUT2D eigenvalue weighted by molar-refractivity contribution is -0.559. The molecule has 0 bridgehead atoms. The minimum Gasteiger partial charge on any atom is -0.200 e. The fourth-order valence-corrected chi connectivity index (χ4v) is 0.387. The van der Waals surface area contributed by atoms with Crippen molar-refractivity contribution >= 4 is 5.95 Å². The maximum absolute atomic E-state index is 6.89. The van der Waals surface area contributed by atoms with Crippen LogP contribution in [0.25, 0.3) is 0 Å². The molecule has 0 amide bonds. The summed E-state index contributed by atoms with van der Waals surface area (Å²) in [5.74, 6) is 0.0324. The zero-order valence-corrected chi connectivity index (χ0v) is 4.89. The maximum Gasteiger partial charge on any atom is 0.430 e. The lowest BCUT2D eigenvalue weighted by Gasteiger charge is -1.83. The van der Waals surface area contributed by atoms with Crippen molar-refractivity contribution in [3.63, 3.8) is 0 Å². The third-order valence-electron chi connectivity index (χ3n) is 0.769. The summed E-state index contributed by atoms with van der Waals surface area (Å²) in [6.07, 6.45) is 2.46. The molecular weight excluding hydrogens is 134 g/mol. The van der Waals surface area contributed by atoms with E-state index in [1.54, 1.807) is 0 Å². The number of rotatable bonds is 2. The molecule has 1 rings (SSSR count). The Bertz CT molecular complexity index is 240. The van der Waals surface area contributed by atoms with Gasteiger partial charge in [-0.2, -0.15) is 10.5 Å². The van der Waals surface area contributed by atoms with Crippen molar-refractivity contribution in [1.82, 2.24) is 15.0 Å². The van der Waals surface area contributed by atoms with E-state index in [9.17, 15) is 0 Å². The molecule has 50 valence electrons. The smallest absolute Gasteiger partial charge is 0.200 e. The summed E-state index contributed by atoms with van der Waals surface area (Å²) in [4.78, 5) is 11.1. The SMILES string of the molecule is N=N[N+](=N)c1ncncn1. The molecule has 7 heteroatoms. The molecule has 0 unspecified atom stereocenters. The normalized spacial score (nSPS) is 8.80. The minimum absolute atomic E-state index is 0.0324. The summed E-state index contributed by atoms with van der Waals surface area (Å²) < 4.78 is 0. The molecule has 0 saturated heterocycles. The Morgan fingerprint density at radius 3 is 2.50 bits per heavy atom. The number of nitrogens with one attached hydrogen (secondary N) is 2. The highest BCUT2D eigenvalue weighted by molar-refractivity contribution is 4.94. The summed E-state index contributed by atoms with van der Waals surface area (Å²) in [6, 6.07) is 0. The van der Waals surface area contributed by atoms with E-state index in [1.165, 1.54) is 12.7 Å². The van der Waals surface area contributed by atoms with Crippen LogP contribution in [-0.2, 0) is 0 Å². The van der Waals surface area contributed by atoms with Crippen molar-refractivity contribution in [3.05, 3.63) is 12.7 Å². The molecule has 0 spiro atoms. The van der Waals surface area contributed by atoms with Crippen LogP contribution in [0.1, 0.15) is 0 Å². The van der Waals surface area contributed by atoms with E-state index in [4.69, 9.17) is 11.1 Å². The second kappa shape index (κ2) is 2.67. The van der Waals surface area contributed by atoms with Gasteiger partial charge in [0.15, 0.2) is 12.7 Å². The monoisotopic (exact) mass is 138 g/mol. The van der Waals surface area contributed by atoms with Gasteiger partial charge >= 0.3 is 5.95 Å². The van der Waals surface area contributed by atoms with Crippen molar-refractivity contribution in [1.29, 1.82) is 11.1 Å². The Kier molecular flexibility index (Phi) is 1.69. The molecule has 0 aliphatic rings. The molecule has 1 aromatic rings. The highest BCUT2D eigenvalue weighted by Gasteiger charge is 2.05. The average molecular weight is 138 g/mol. The summed E-state index contributed by atoms with van der Waals surface area (Å²) in [5, 5.41) is 2.76. The molecule has 0 aliphatic heterocycles. The molecule has 0 atom stereocenters. The van der Waals surface area contributed by atoms with Gasteiger partial charge in [0.25, 0.3) is 0 Å². The molecule has 0 saturated carbocycles. The van der Waals surface area contributed by atoms with Crippen LogP contribution >= 0.6 is 0 Å². The largest absolute Gasteiger partial charge is 0.430 e.